The predicted molar refractivity (Wildman–Crippen MR) is 103 cm³/mol. The number of hydrogen-bond acceptors (Lipinski definition) is 1. The van der Waals surface area contributed by atoms with Gasteiger partial charge in [-0.1, -0.05) is 61.9 Å². The van der Waals surface area contributed by atoms with Crippen LogP contribution in [0.5, 0.6) is 0 Å². The Labute approximate surface area is 152 Å². The van der Waals surface area contributed by atoms with Gasteiger partial charge in [-0.05, 0) is 53.3 Å². The van der Waals surface area contributed by atoms with E-state index in [1.807, 2.05) is 36.4 Å². The van der Waals surface area contributed by atoms with Crippen LogP contribution in [-0.2, 0) is 6.42 Å². The van der Waals surface area contributed by atoms with Gasteiger partial charge in [-0.3, -0.25) is 0 Å². The highest BCUT2D eigenvalue weighted by Gasteiger charge is 2.14. The minimum absolute atomic E-state index is 0.237. The largest absolute Gasteiger partial charge is 0.478 e. The molecule has 3 aromatic rings. The zero-order valence-corrected chi connectivity index (χ0v) is 14.7. The van der Waals surface area contributed by atoms with Crippen molar-refractivity contribution in [1.29, 1.82) is 0 Å². The first-order valence-electron chi connectivity index (χ1n) is 8.81. The second-order valence-electron chi connectivity index (χ2n) is 6.34. The molecular formula is C23H21FO2. The molecule has 3 rings (SSSR count). The van der Waals surface area contributed by atoms with Crippen molar-refractivity contribution in [3.63, 3.8) is 0 Å². The normalized spacial score (nSPS) is 10.7. The lowest BCUT2D eigenvalue weighted by Gasteiger charge is -2.13. The fourth-order valence-electron chi connectivity index (χ4n) is 3.11. The summed E-state index contributed by atoms with van der Waals surface area (Å²) in [6, 6.07) is 19.8. The lowest BCUT2D eigenvalue weighted by molar-refractivity contribution is 0.0697. The minimum Gasteiger partial charge on any atom is -0.478 e. The molecule has 0 fully saturated rings. The highest BCUT2D eigenvalue weighted by molar-refractivity contribution is 5.89. The molecule has 2 nitrogen and oxygen atoms in total. The van der Waals surface area contributed by atoms with Gasteiger partial charge in [0.25, 0.3) is 0 Å². The predicted octanol–water partition coefficient (Wildman–Crippen LogP) is 6.20. The van der Waals surface area contributed by atoms with Gasteiger partial charge in [0.05, 0.1) is 5.56 Å². The molecule has 0 atom stereocenters. The molecule has 0 amide bonds. The Hall–Kier alpha value is -2.94. The summed E-state index contributed by atoms with van der Waals surface area (Å²) in [6.45, 7) is 2.08. The zero-order chi connectivity index (χ0) is 18.5. The van der Waals surface area contributed by atoms with Crippen molar-refractivity contribution in [3.05, 3.63) is 83.7 Å². The second-order valence-corrected chi connectivity index (χ2v) is 6.34. The van der Waals surface area contributed by atoms with Crippen LogP contribution in [-0.4, -0.2) is 11.1 Å². The van der Waals surface area contributed by atoms with Crippen molar-refractivity contribution in [1.82, 2.24) is 0 Å². The molecule has 0 bridgehead atoms. The van der Waals surface area contributed by atoms with Crippen LogP contribution in [0.15, 0.2) is 66.7 Å². The number of rotatable bonds is 6. The number of carbonyl (C=O) groups is 1. The van der Waals surface area contributed by atoms with E-state index >= 15 is 0 Å². The van der Waals surface area contributed by atoms with E-state index in [1.54, 1.807) is 24.3 Å². The molecule has 0 saturated carbocycles. The molecule has 26 heavy (non-hydrogen) atoms. The van der Waals surface area contributed by atoms with Crippen molar-refractivity contribution in [3.8, 4) is 22.3 Å². The van der Waals surface area contributed by atoms with Gasteiger partial charge in [-0.15, -0.1) is 0 Å². The first kappa shape index (κ1) is 17.9. The molecule has 0 aliphatic carbocycles. The lowest BCUT2D eigenvalue weighted by atomic mass is 9.92. The van der Waals surface area contributed by atoms with Crippen LogP contribution in [0.1, 0.15) is 35.7 Å². The third-order valence-electron chi connectivity index (χ3n) is 4.52. The van der Waals surface area contributed by atoms with E-state index in [1.165, 1.54) is 6.07 Å². The SMILES string of the molecule is CCCCc1cc(C(=O)O)ccc1-c1ccc(-c2ccccc2)cc1F. The highest BCUT2D eigenvalue weighted by atomic mass is 19.1. The van der Waals surface area contributed by atoms with Gasteiger partial charge in [0, 0.05) is 5.56 Å². The van der Waals surface area contributed by atoms with Crippen LogP contribution in [0.3, 0.4) is 0 Å². The summed E-state index contributed by atoms with van der Waals surface area (Å²) in [5.41, 5.74) is 4.17. The molecule has 0 aromatic heterocycles. The number of carboxylic acids is 1. The number of unbranched alkanes of at least 4 members (excludes halogenated alkanes) is 1. The Morgan fingerprint density at radius 1 is 0.923 bits per heavy atom. The van der Waals surface area contributed by atoms with E-state index in [0.29, 0.717) is 5.56 Å². The summed E-state index contributed by atoms with van der Waals surface area (Å²) < 4.78 is 14.9. The molecule has 132 valence electrons. The quantitative estimate of drug-likeness (QED) is 0.576. The average Bonchev–Trinajstić information content (AvgIpc) is 2.67. The first-order valence-corrected chi connectivity index (χ1v) is 8.81. The molecule has 0 aliphatic heterocycles. The summed E-state index contributed by atoms with van der Waals surface area (Å²) in [4.78, 5) is 11.3. The maximum Gasteiger partial charge on any atom is 0.335 e. The van der Waals surface area contributed by atoms with Crippen molar-refractivity contribution in [2.45, 2.75) is 26.2 Å². The van der Waals surface area contributed by atoms with E-state index in [-0.39, 0.29) is 11.4 Å². The van der Waals surface area contributed by atoms with E-state index in [0.717, 1.165) is 41.5 Å². The number of aromatic carboxylic acids is 1. The maximum atomic E-state index is 14.9. The molecule has 3 aromatic carbocycles. The van der Waals surface area contributed by atoms with E-state index in [9.17, 15) is 14.3 Å². The van der Waals surface area contributed by atoms with Crippen LogP contribution in [0.25, 0.3) is 22.3 Å². The summed E-state index contributed by atoms with van der Waals surface area (Å²) >= 11 is 0. The second kappa shape index (κ2) is 7.96. The maximum absolute atomic E-state index is 14.9. The summed E-state index contributed by atoms with van der Waals surface area (Å²) in [5, 5.41) is 9.24. The number of aryl methyl sites for hydroxylation is 1. The Bertz CT molecular complexity index is 917. The van der Waals surface area contributed by atoms with E-state index < -0.39 is 5.97 Å². The van der Waals surface area contributed by atoms with Crippen molar-refractivity contribution >= 4 is 5.97 Å². The molecule has 3 heteroatoms. The molecule has 0 unspecified atom stereocenters. The van der Waals surface area contributed by atoms with Gasteiger partial charge in [0.15, 0.2) is 0 Å². The van der Waals surface area contributed by atoms with Crippen LogP contribution in [0.4, 0.5) is 4.39 Å². The van der Waals surface area contributed by atoms with Gasteiger partial charge >= 0.3 is 5.97 Å². The molecule has 0 saturated heterocycles. The standard InChI is InChI=1S/C23H21FO2/c1-2-3-7-18-14-19(23(25)26)11-12-20(18)21-13-10-17(15-22(21)24)16-8-5-4-6-9-16/h4-6,8-15H,2-3,7H2,1H3,(H,25,26). The summed E-state index contributed by atoms with van der Waals surface area (Å²) in [6.07, 6.45) is 2.65. The third-order valence-corrected chi connectivity index (χ3v) is 4.52. The molecule has 0 heterocycles. The van der Waals surface area contributed by atoms with Gasteiger partial charge < -0.3 is 5.11 Å². The van der Waals surface area contributed by atoms with Crippen LogP contribution >= 0.6 is 0 Å². The molecular weight excluding hydrogens is 327 g/mol. The number of carboxylic acid groups (broad SMARTS) is 1. The number of hydrogen-bond donors (Lipinski definition) is 1. The van der Waals surface area contributed by atoms with Crippen molar-refractivity contribution in [2.24, 2.45) is 0 Å². The fourth-order valence-corrected chi connectivity index (χ4v) is 3.11. The van der Waals surface area contributed by atoms with Crippen molar-refractivity contribution in [2.75, 3.05) is 0 Å². The molecule has 0 aliphatic rings. The number of halogens is 1. The topological polar surface area (TPSA) is 37.3 Å². The molecule has 0 radical (unpaired) electrons. The van der Waals surface area contributed by atoms with Crippen molar-refractivity contribution < 1.29 is 14.3 Å². The number of benzene rings is 3. The van der Waals surface area contributed by atoms with E-state index in [4.69, 9.17) is 0 Å². The minimum atomic E-state index is -0.964. The summed E-state index contributed by atoms with van der Waals surface area (Å²) in [7, 11) is 0. The third kappa shape index (κ3) is 3.83. The van der Waals surface area contributed by atoms with Gasteiger partial charge in [-0.25, -0.2) is 9.18 Å². The van der Waals surface area contributed by atoms with Crippen LogP contribution < -0.4 is 0 Å². The smallest absolute Gasteiger partial charge is 0.335 e. The van der Waals surface area contributed by atoms with E-state index in [2.05, 4.69) is 6.92 Å². The van der Waals surface area contributed by atoms with Crippen LogP contribution in [0, 0.1) is 5.82 Å². The van der Waals surface area contributed by atoms with Gasteiger partial charge in [0.1, 0.15) is 5.82 Å². The monoisotopic (exact) mass is 348 g/mol. The first-order chi connectivity index (χ1) is 12.6. The Morgan fingerprint density at radius 3 is 2.31 bits per heavy atom. The highest BCUT2D eigenvalue weighted by Crippen LogP contribution is 2.31. The average molecular weight is 348 g/mol. The Morgan fingerprint density at radius 2 is 1.65 bits per heavy atom. The van der Waals surface area contributed by atoms with Gasteiger partial charge in [0.2, 0.25) is 0 Å². The zero-order valence-electron chi connectivity index (χ0n) is 14.7. The van der Waals surface area contributed by atoms with Gasteiger partial charge in [-0.2, -0.15) is 0 Å². The Balaban J connectivity index is 2.04. The summed E-state index contributed by atoms with van der Waals surface area (Å²) in [5.74, 6) is -1.26. The molecule has 0 spiro atoms. The molecule has 1 N–H and O–H groups in total. The van der Waals surface area contributed by atoms with Crippen LogP contribution in [0.2, 0.25) is 0 Å². The Kier molecular flexibility index (Phi) is 5.47. The fraction of sp³-hybridized carbons (Fsp3) is 0.174. The lowest BCUT2D eigenvalue weighted by Crippen LogP contribution is -2.00.